The second-order valence-corrected chi connectivity index (χ2v) is 6.03. The first-order valence-corrected chi connectivity index (χ1v) is 7.36. The Morgan fingerprint density at radius 3 is 2.45 bits per heavy atom. The van der Waals surface area contributed by atoms with Crippen molar-refractivity contribution in [1.29, 1.82) is 0 Å². The molecule has 2 aromatic carbocycles. The molecule has 2 unspecified atom stereocenters. The quantitative estimate of drug-likeness (QED) is 0.920. The topological polar surface area (TPSA) is 32.3 Å². The largest absolute Gasteiger partial charge is 0.334 e. The van der Waals surface area contributed by atoms with Gasteiger partial charge >= 0.3 is 6.03 Å². The molecule has 1 saturated carbocycles. The molecule has 2 amide bonds. The van der Waals surface area contributed by atoms with Crippen LogP contribution >= 0.6 is 0 Å². The second-order valence-electron chi connectivity index (χ2n) is 6.03. The standard InChI is InChI=1S/C18H19FN2O/c1-18(13-6-4-3-5-7-13)12-16(18)20-17(22)21(2)15-10-8-14(19)9-11-15/h3-11,16H,12H2,1-2H3,(H,20,22). The maximum atomic E-state index is 12.9. The van der Waals surface area contributed by atoms with Crippen LogP contribution < -0.4 is 10.2 Å². The minimum Gasteiger partial charge on any atom is -0.334 e. The molecule has 0 saturated heterocycles. The predicted octanol–water partition coefficient (Wildman–Crippen LogP) is 3.70. The van der Waals surface area contributed by atoms with Gasteiger partial charge in [-0.05, 0) is 36.2 Å². The lowest BCUT2D eigenvalue weighted by molar-refractivity contribution is 0.246. The van der Waals surface area contributed by atoms with E-state index in [1.54, 1.807) is 19.2 Å². The summed E-state index contributed by atoms with van der Waals surface area (Å²) in [7, 11) is 1.69. The third-order valence-electron chi connectivity index (χ3n) is 4.49. The van der Waals surface area contributed by atoms with Gasteiger partial charge in [-0.25, -0.2) is 9.18 Å². The third-order valence-corrected chi connectivity index (χ3v) is 4.49. The van der Waals surface area contributed by atoms with Crippen molar-refractivity contribution in [2.75, 3.05) is 11.9 Å². The van der Waals surface area contributed by atoms with Gasteiger partial charge in [0.15, 0.2) is 0 Å². The summed E-state index contributed by atoms with van der Waals surface area (Å²) in [5, 5.41) is 3.05. The monoisotopic (exact) mass is 298 g/mol. The van der Waals surface area contributed by atoms with Crippen molar-refractivity contribution in [3.05, 3.63) is 66.0 Å². The fraction of sp³-hybridized carbons (Fsp3) is 0.278. The summed E-state index contributed by atoms with van der Waals surface area (Å²) in [6, 6.07) is 16.1. The minimum atomic E-state index is -0.309. The van der Waals surface area contributed by atoms with Crippen LogP contribution in [0.5, 0.6) is 0 Å². The number of carbonyl (C=O) groups is 1. The first kappa shape index (κ1) is 14.6. The van der Waals surface area contributed by atoms with Gasteiger partial charge < -0.3 is 5.32 Å². The van der Waals surface area contributed by atoms with Crippen molar-refractivity contribution in [3.63, 3.8) is 0 Å². The summed E-state index contributed by atoms with van der Waals surface area (Å²) in [6.45, 7) is 2.16. The number of hydrogen-bond donors (Lipinski definition) is 1. The van der Waals surface area contributed by atoms with Crippen molar-refractivity contribution in [2.24, 2.45) is 0 Å². The van der Waals surface area contributed by atoms with Crippen LogP contribution in [0.2, 0.25) is 0 Å². The fourth-order valence-corrected chi connectivity index (χ4v) is 2.74. The fourth-order valence-electron chi connectivity index (χ4n) is 2.74. The van der Waals surface area contributed by atoms with Crippen molar-refractivity contribution < 1.29 is 9.18 Å². The highest BCUT2D eigenvalue weighted by atomic mass is 19.1. The average Bonchev–Trinajstić information content (AvgIpc) is 3.19. The maximum absolute atomic E-state index is 12.9. The lowest BCUT2D eigenvalue weighted by Crippen LogP contribution is -2.40. The zero-order valence-electron chi connectivity index (χ0n) is 12.7. The summed E-state index contributed by atoms with van der Waals surface area (Å²) in [5.74, 6) is -0.309. The van der Waals surface area contributed by atoms with E-state index in [1.165, 1.54) is 22.6 Å². The minimum absolute atomic E-state index is 0.000552. The number of nitrogens with one attached hydrogen (secondary N) is 1. The lowest BCUT2D eigenvalue weighted by Gasteiger charge is -2.19. The lowest BCUT2D eigenvalue weighted by atomic mass is 9.98. The van der Waals surface area contributed by atoms with Crippen molar-refractivity contribution in [1.82, 2.24) is 5.32 Å². The van der Waals surface area contributed by atoms with Crippen LogP contribution in [0.15, 0.2) is 54.6 Å². The number of hydrogen-bond acceptors (Lipinski definition) is 1. The van der Waals surface area contributed by atoms with Crippen molar-refractivity contribution >= 4 is 11.7 Å². The molecular formula is C18H19FN2O. The van der Waals surface area contributed by atoms with Crippen LogP contribution in [0.3, 0.4) is 0 Å². The Bertz CT molecular complexity index is 671. The molecule has 4 heteroatoms. The molecule has 3 rings (SSSR count). The van der Waals surface area contributed by atoms with Crippen LogP contribution in [0.25, 0.3) is 0 Å². The zero-order chi connectivity index (χ0) is 15.7. The van der Waals surface area contributed by atoms with Gasteiger partial charge in [-0.2, -0.15) is 0 Å². The molecule has 0 aliphatic heterocycles. The van der Waals surface area contributed by atoms with Crippen LogP contribution in [0.1, 0.15) is 18.9 Å². The van der Waals surface area contributed by atoms with E-state index in [2.05, 4.69) is 24.4 Å². The van der Waals surface area contributed by atoms with Gasteiger partial charge in [-0.3, -0.25) is 4.90 Å². The summed E-state index contributed by atoms with van der Waals surface area (Å²) in [5.41, 5.74) is 1.91. The molecule has 22 heavy (non-hydrogen) atoms. The molecule has 3 nitrogen and oxygen atoms in total. The van der Waals surface area contributed by atoms with Gasteiger partial charge in [0.05, 0.1) is 0 Å². The van der Waals surface area contributed by atoms with Crippen LogP contribution in [-0.2, 0) is 5.41 Å². The van der Waals surface area contributed by atoms with Gasteiger partial charge in [0.2, 0.25) is 0 Å². The Balaban J connectivity index is 1.65. The van der Waals surface area contributed by atoms with Crippen molar-refractivity contribution in [3.8, 4) is 0 Å². The molecule has 0 spiro atoms. The van der Waals surface area contributed by atoms with E-state index in [1.807, 2.05) is 18.2 Å². The van der Waals surface area contributed by atoms with E-state index in [-0.39, 0.29) is 23.3 Å². The Hall–Kier alpha value is -2.36. The summed E-state index contributed by atoms with van der Waals surface area (Å²) in [6.07, 6.45) is 0.931. The first-order chi connectivity index (χ1) is 10.5. The molecule has 1 N–H and O–H groups in total. The number of benzene rings is 2. The first-order valence-electron chi connectivity index (χ1n) is 7.36. The van der Waals surface area contributed by atoms with Crippen LogP contribution in [0, 0.1) is 5.82 Å². The Kier molecular flexibility index (Phi) is 3.61. The van der Waals surface area contributed by atoms with Crippen LogP contribution in [-0.4, -0.2) is 19.1 Å². The van der Waals surface area contributed by atoms with E-state index in [0.29, 0.717) is 5.69 Å². The van der Waals surface area contributed by atoms with Crippen molar-refractivity contribution in [2.45, 2.75) is 24.8 Å². The molecule has 2 atom stereocenters. The number of halogens is 1. The van der Waals surface area contributed by atoms with Gasteiger partial charge in [0.1, 0.15) is 5.82 Å². The summed E-state index contributed by atoms with van der Waals surface area (Å²) < 4.78 is 12.9. The molecule has 0 aromatic heterocycles. The highest BCUT2D eigenvalue weighted by Crippen LogP contribution is 2.47. The van der Waals surface area contributed by atoms with E-state index < -0.39 is 0 Å². The van der Waals surface area contributed by atoms with Gasteiger partial charge in [0.25, 0.3) is 0 Å². The second kappa shape index (κ2) is 5.44. The smallest absolute Gasteiger partial charge is 0.321 e. The van der Waals surface area contributed by atoms with E-state index in [0.717, 1.165) is 6.42 Å². The van der Waals surface area contributed by atoms with E-state index in [4.69, 9.17) is 0 Å². The number of anilines is 1. The molecule has 1 fully saturated rings. The zero-order valence-corrected chi connectivity index (χ0v) is 12.7. The molecule has 0 radical (unpaired) electrons. The number of amides is 2. The molecular weight excluding hydrogens is 279 g/mol. The Labute approximate surface area is 129 Å². The van der Waals surface area contributed by atoms with E-state index in [9.17, 15) is 9.18 Å². The summed E-state index contributed by atoms with van der Waals surface area (Å²) in [4.78, 5) is 13.8. The molecule has 0 bridgehead atoms. The predicted molar refractivity (Wildman–Crippen MR) is 85.5 cm³/mol. The Morgan fingerprint density at radius 1 is 1.18 bits per heavy atom. The van der Waals surface area contributed by atoms with E-state index >= 15 is 0 Å². The van der Waals surface area contributed by atoms with Gasteiger partial charge in [0, 0.05) is 24.2 Å². The number of urea groups is 1. The third kappa shape index (κ3) is 2.69. The SMILES string of the molecule is CN(C(=O)NC1CC1(C)c1ccccc1)c1ccc(F)cc1. The van der Waals surface area contributed by atoms with Gasteiger partial charge in [-0.1, -0.05) is 37.3 Å². The maximum Gasteiger partial charge on any atom is 0.321 e. The number of rotatable bonds is 3. The number of carbonyl (C=O) groups excluding carboxylic acids is 1. The number of nitrogens with zero attached hydrogens (tertiary/aromatic N) is 1. The normalized spacial score (nSPS) is 23.0. The molecule has 114 valence electrons. The van der Waals surface area contributed by atoms with Crippen LogP contribution in [0.4, 0.5) is 14.9 Å². The molecule has 1 aliphatic rings. The molecule has 2 aromatic rings. The summed E-state index contributed by atoms with van der Waals surface area (Å²) >= 11 is 0. The molecule has 1 aliphatic carbocycles. The van der Waals surface area contributed by atoms with Gasteiger partial charge in [-0.15, -0.1) is 0 Å². The average molecular weight is 298 g/mol. The highest BCUT2D eigenvalue weighted by molar-refractivity contribution is 5.92. The molecule has 0 heterocycles. The Morgan fingerprint density at radius 2 is 1.82 bits per heavy atom. The highest BCUT2D eigenvalue weighted by Gasteiger charge is 2.52.